The minimum absolute atomic E-state index is 0.137. The Labute approximate surface area is 119 Å². The normalized spacial score (nSPS) is 9.20. The van der Waals surface area contributed by atoms with E-state index in [1.54, 1.807) is 30.1 Å². The molecule has 0 spiro atoms. The zero-order valence-electron chi connectivity index (χ0n) is 12.6. The van der Waals surface area contributed by atoms with E-state index in [0.29, 0.717) is 0 Å². The zero-order chi connectivity index (χ0) is 15.5. The van der Waals surface area contributed by atoms with Crippen molar-refractivity contribution >= 4 is 0 Å². The van der Waals surface area contributed by atoms with Gasteiger partial charge in [0.25, 0.3) is 0 Å². The number of hydrogen-bond acceptors (Lipinski definition) is 2. The molecule has 1 heterocycles. The molecule has 2 aromatic rings. The topological polar surface area (TPSA) is 27.1 Å². The van der Waals surface area contributed by atoms with Gasteiger partial charge in [-0.1, -0.05) is 39.8 Å². The largest absolute Gasteiger partial charge is 0.435 e. The van der Waals surface area contributed by atoms with Gasteiger partial charge in [-0.2, -0.15) is 13.9 Å². The van der Waals surface area contributed by atoms with E-state index in [1.165, 1.54) is 12.1 Å². The molecule has 0 fully saturated rings. The summed E-state index contributed by atoms with van der Waals surface area (Å²) in [5.41, 5.74) is 1.47. The summed E-state index contributed by atoms with van der Waals surface area (Å²) in [5.74, 6) is 0.137. The highest BCUT2D eigenvalue weighted by Gasteiger charge is 2.06. The van der Waals surface area contributed by atoms with Crippen molar-refractivity contribution in [1.29, 1.82) is 0 Å². The molecule has 0 saturated heterocycles. The molecule has 5 heteroatoms. The van der Waals surface area contributed by atoms with E-state index in [2.05, 4.69) is 9.84 Å². The summed E-state index contributed by atoms with van der Waals surface area (Å²) in [6.07, 6.45) is 1.79. The van der Waals surface area contributed by atoms with Crippen LogP contribution in [0.2, 0.25) is 0 Å². The minimum atomic E-state index is -2.81. The predicted molar refractivity (Wildman–Crippen MR) is 78.0 cm³/mol. The maximum absolute atomic E-state index is 12.0. The lowest BCUT2D eigenvalue weighted by Crippen LogP contribution is -2.01. The van der Waals surface area contributed by atoms with Crippen LogP contribution in [0.1, 0.15) is 27.7 Å². The van der Waals surface area contributed by atoms with Crippen LogP contribution >= 0.6 is 0 Å². The molecule has 2 rings (SSSR count). The number of aryl methyl sites for hydroxylation is 1. The first kappa shape index (κ1) is 18.1. The van der Waals surface area contributed by atoms with Gasteiger partial charge in [-0.3, -0.25) is 4.68 Å². The van der Waals surface area contributed by atoms with Gasteiger partial charge in [-0.25, -0.2) is 0 Å². The molecule has 0 aliphatic heterocycles. The summed E-state index contributed by atoms with van der Waals surface area (Å²) in [4.78, 5) is 0. The number of aromatic nitrogens is 2. The van der Waals surface area contributed by atoms with Gasteiger partial charge >= 0.3 is 6.61 Å². The number of ether oxygens (including phenoxy) is 1. The van der Waals surface area contributed by atoms with Crippen molar-refractivity contribution in [3.05, 3.63) is 36.5 Å². The molecule has 0 unspecified atom stereocenters. The average molecular weight is 284 g/mol. The number of hydrogen-bond donors (Lipinski definition) is 0. The SMILES string of the molecule is CC.CC.Cn1ccc(-c2cccc(OC(F)F)c2)n1. The fraction of sp³-hybridized carbons (Fsp3) is 0.400. The molecule has 0 atom stereocenters. The molecular formula is C15H22F2N2O. The Morgan fingerprint density at radius 1 is 1.10 bits per heavy atom. The van der Waals surface area contributed by atoms with E-state index < -0.39 is 6.61 Å². The van der Waals surface area contributed by atoms with Crippen LogP contribution in [0.5, 0.6) is 5.75 Å². The Morgan fingerprint density at radius 3 is 2.25 bits per heavy atom. The van der Waals surface area contributed by atoms with Crippen molar-refractivity contribution in [2.75, 3.05) is 0 Å². The number of benzene rings is 1. The number of halogens is 2. The van der Waals surface area contributed by atoms with Gasteiger partial charge in [0.05, 0.1) is 5.69 Å². The van der Waals surface area contributed by atoms with Crippen molar-refractivity contribution in [1.82, 2.24) is 9.78 Å². The van der Waals surface area contributed by atoms with Crippen LogP contribution in [0.4, 0.5) is 8.78 Å². The van der Waals surface area contributed by atoms with E-state index >= 15 is 0 Å². The summed E-state index contributed by atoms with van der Waals surface area (Å²) >= 11 is 0. The number of alkyl halides is 2. The molecule has 0 amide bonds. The average Bonchev–Trinajstić information content (AvgIpc) is 2.90. The molecule has 20 heavy (non-hydrogen) atoms. The summed E-state index contributed by atoms with van der Waals surface area (Å²) in [7, 11) is 1.79. The van der Waals surface area contributed by atoms with Crippen molar-refractivity contribution in [3.8, 4) is 17.0 Å². The van der Waals surface area contributed by atoms with Gasteiger partial charge in [0.15, 0.2) is 0 Å². The van der Waals surface area contributed by atoms with Gasteiger partial charge in [0.1, 0.15) is 5.75 Å². The van der Waals surface area contributed by atoms with Crippen LogP contribution in [0.3, 0.4) is 0 Å². The van der Waals surface area contributed by atoms with Gasteiger partial charge in [0, 0.05) is 18.8 Å². The van der Waals surface area contributed by atoms with Crippen molar-refractivity contribution in [2.45, 2.75) is 34.3 Å². The Bertz CT molecular complexity index is 484. The van der Waals surface area contributed by atoms with E-state index in [9.17, 15) is 8.78 Å². The minimum Gasteiger partial charge on any atom is -0.435 e. The van der Waals surface area contributed by atoms with E-state index in [4.69, 9.17) is 0 Å². The summed E-state index contributed by atoms with van der Waals surface area (Å²) in [5, 5.41) is 4.17. The molecule has 1 aromatic carbocycles. The molecule has 1 aromatic heterocycles. The van der Waals surface area contributed by atoms with Crippen LogP contribution in [0.25, 0.3) is 11.3 Å². The first-order chi connectivity index (χ1) is 9.65. The van der Waals surface area contributed by atoms with Crippen LogP contribution in [0.15, 0.2) is 36.5 Å². The van der Waals surface area contributed by atoms with Gasteiger partial charge in [0.2, 0.25) is 0 Å². The second-order valence-electron chi connectivity index (χ2n) is 3.28. The molecular weight excluding hydrogens is 262 g/mol. The predicted octanol–water partition coefficient (Wildman–Crippen LogP) is 4.74. The summed E-state index contributed by atoms with van der Waals surface area (Å²) in [6, 6.07) is 8.27. The van der Waals surface area contributed by atoms with Crippen LogP contribution in [0, 0.1) is 0 Å². The number of rotatable bonds is 3. The first-order valence-electron chi connectivity index (χ1n) is 6.70. The maximum atomic E-state index is 12.0. The Morgan fingerprint density at radius 2 is 1.75 bits per heavy atom. The highest BCUT2D eigenvalue weighted by molar-refractivity contribution is 5.60. The standard InChI is InChI=1S/C11H10F2N2O.2C2H6/c1-15-6-5-10(14-15)8-3-2-4-9(7-8)16-11(12)13;2*1-2/h2-7,11H,1H3;2*1-2H3. The lowest BCUT2D eigenvalue weighted by atomic mass is 10.1. The monoisotopic (exact) mass is 284 g/mol. The van der Waals surface area contributed by atoms with Gasteiger partial charge in [-0.05, 0) is 18.2 Å². The highest BCUT2D eigenvalue weighted by Crippen LogP contribution is 2.23. The van der Waals surface area contributed by atoms with Crippen molar-refractivity contribution in [3.63, 3.8) is 0 Å². The molecule has 0 N–H and O–H groups in total. The lowest BCUT2D eigenvalue weighted by Gasteiger charge is -2.05. The molecule has 0 aliphatic carbocycles. The Kier molecular flexibility index (Phi) is 9.00. The van der Waals surface area contributed by atoms with E-state index in [-0.39, 0.29) is 5.75 Å². The second-order valence-corrected chi connectivity index (χ2v) is 3.28. The van der Waals surface area contributed by atoms with E-state index in [0.717, 1.165) is 11.3 Å². The maximum Gasteiger partial charge on any atom is 0.387 e. The number of nitrogens with zero attached hydrogens (tertiary/aromatic N) is 2. The first-order valence-corrected chi connectivity index (χ1v) is 6.70. The summed E-state index contributed by atoms with van der Waals surface area (Å²) < 4.78 is 30.0. The smallest absolute Gasteiger partial charge is 0.387 e. The third kappa shape index (κ3) is 5.82. The van der Waals surface area contributed by atoms with Crippen LogP contribution in [-0.4, -0.2) is 16.4 Å². The molecule has 0 radical (unpaired) electrons. The fourth-order valence-electron chi connectivity index (χ4n) is 1.40. The third-order valence-electron chi connectivity index (χ3n) is 2.07. The lowest BCUT2D eigenvalue weighted by molar-refractivity contribution is -0.0498. The molecule has 0 saturated carbocycles. The zero-order valence-corrected chi connectivity index (χ0v) is 12.6. The van der Waals surface area contributed by atoms with Crippen LogP contribution in [-0.2, 0) is 7.05 Å². The second kappa shape index (κ2) is 9.95. The molecule has 0 bridgehead atoms. The van der Waals surface area contributed by atoms with Gasteiger partial charge in [-0.15, -0.1) is 0 Å². The Balaban J connectivity index is 0.000000829. The molecule has 112 valence electrons. The van der Waals surface area contributed by atoms with Crippen LogP contribution < -0.4 is 4.74 Å². The third-order valence-corrected chi connectivity index (χ3v) is 2.07. The highest BCUT2D eigenvalue weighted by atomic mass is 19.3. The fourth-order valence-corrected chi connectivity index (χ4v) is 1.40. The quantitative estimate of drug-likeness (QED) is 0.814. The van der Waals surface area contributed by atoms with E-state index in [1.807, 2.05) is 33.8 Å². The van der Waals surface area contributed by atoms with Gasteiger partial charge < -0.3 is 4.74 Å². The van der Waals surface area contributed by atoms with Crippen molar-refractivity contribution in [2.24, 2.45) is 7.05 Å². The molecule has 0 aliphatic rings. The van der Waals surface area contributed by atoms with Crippen molar-refractivity contribution < 1.29 is 13.5 Å². The molecule has 3 nitrogen and oxygen atoms in total. The summed E-state index contributed by atoms with van der Waals surface area (Å²) in [6.45, 7) is 5.19. The Hall–Kier alpha value is -1.91.